The maximum Gasteiger partial charge on any atom is 0.326 e. The summed E-state index contributed by atoms with van der Waals surface area (Å²) in [7, 11) is -3.95. The Labute approximate surface area is 195 Å². The van der Waals surface area contributed by atoms with Crippen LogP contribution in [0.4, 0.5) is 28.2 Å². The molecule has 2 aliphatic rings. The fraction of sp³-hybridized carbons (Fsp3) is 0.300. The van der Waals surface area contributed by atoms with Crippen LogP contribution in [0.5, 0.6) is 0 Å². The standard InChI is InChI=1S/C20H15ClF4N4O4S/c1-34(31,32)27-14-7-28-15(20(14,24)25)8-29(19(28)30)18-17-10(5-9(21)6-13(17)33-26-18)16-11(22)3-2-4-12(16)23/h2-6,14-15,27H,7-8H2,1H3/t14-,15-/m1/s1. The number of fused-ring (bicyclic) bond motifs is 2. The van der Waals surface area contributed by atoms with Crippen molar-refractivity contribution in [2.75, 3.05) is 24.2 Å². The summed E-state index contributed by atoms with van der Waals surface area (Å²) < 4.78 is 89.2. The number of benzene rings is 2. The van der Waals surface area contributed by atoms with Crippen molar-refractivity contribution in [2.45, 2.75) is 18.0 Å². The molecule has 3 heterocycles. The van der Waals surface area contributed by atoms with E-state index >= 15 is 0 Å². The van der Waals surface area contributed by atoms with E-state index in [4.69, 9.17) is 16.1 Å². The molecule has 0 saturated carbocycles. The Morgan fingerprint density at radius 3 is 2.50 bits per heavy atom. The number of anilines is 1. The third-order valence-electron chi connectivity index (χ3n) is 5.86. The average molecular weight is 519 g/mol. The zero-order chi connectivity index (χ0) is 24.6. The first-order chi connectivity index (χ1) is 15.9. The molecule has 0 radical (unpaired) electrons. The molecule has 14 heteroatoms. The highest BCUT2D eigenvalue weighted by Gasteiger charge is 2.63. The van der Waals surface area contributed by atoms with Crippen LogP contribution in [-0.4, -0.2) is 61.9 Å². The quantitative estimate of drug-likeness (QED) is 0.532. The zero-order valence-corrected chi connectivity index (χ0v) is 18.8. The first-order valence-corrected chi connectivity index (χ1v) is 12.1. The molecule has 1 aromatic heterocycles. The van der Waals surface area contributed by atoms with Gasteiger partial charge < -0.3 is 9.42 Å². The first-order valence-electron chi connectivity index (χ1n) is 9.85. The average Bonchev–Trinajstić information content (AvgIpc) is 3.34. The molecule has 2 aliphatic heterocycles. The summed E-state index contributed by atoms with van der Waals surface area (Å²) in [5, 5.41) is 3.89. The van der Waals surface area contributed by atoms with Gasteiger partial charge in [-0.15, -0.1) is 0 Å². The number of amides is 2. The van der Waals surface area contributed by atoms with Gasteiger partial charge in [0.1, 0.15) is 23.7 Å². The van der Waals surface area contributed by atoms with Gasteiger partial charge in [0.25, 0.3) is 5.92 Å². The van der Waals surface area contributed by atoms with Crippen LogP contribution in [0, 0.1) is 11.6 Å². The minimum atomic E-state index is -3.95. The monoisotopic (exact) mass is 518 g/mol. The zero-order valence-electron chi connectivity index (χ0n) is 17.2. The molecule has 0 unspecified atom stereocenters. The van der Waals surface area contributed by atoms with E-state index in [1.165, 1.54) is 18.2 Å². The molecule has 0 spiro atoms. The van der Waals surface area contributed by atoms with Gasteiger partial charge in [-0.2, -0.15) is 0 Å². The Kier molecular flexibility index (Phi) is 5.08. The number of carbonyl (C=O) groups excluding carboxylic acids is 1. The van der Waals surface area contributed by atoms with Crippen LogP contribution >= 0.6 is 11.6 Å². The van der Waals surface area contributed by atoms with Crippen molar-refractivity contribution in [3.63, 3.8) is 0 Å². The van der Waals surface area contributed by atoms with E-state index in [1.807, 2.05) is 4.72 Å². The molecule has 0 bridgehead atoms. The summed E-state index contributed by atoms with van der Waals surface area (Å²) in [4.78, 5) is 14.8. The van der Waals surface area contributed by atoms with Crippen molar-refractivity contribution >= 4 is 44.4 Å². The fourth-order valence-electron chi connectivity index (χ4n) is 4.43. The second-order valence-electron chi connectivity index (χ2n) is 8.11. The van der Waals surface area contributed by atoms with Gasteiger partial charge in [0.05, 0.1) is 23.8 Å². The van der Waals surface area contributed by atoms with Crippen molar-refractivity contribution in [3.05, 3.63) is 47.0 Å². The van der Waals surface area contributed by atoms with Gasteiger partial charge in [-0.05, 0) is 18.2 Å². The lowest BCUT2D eigenvalue weighted by molar-refractivity contribution is -0.0324. The number of alkyl halides is 2. The van der Waals surface area contributed by atoms with Gasteiger partial charge in [-0.1, -0.05) is 22.8 Å². The van der Waals surface area contributed by atoms with Crippen molar-refractivity contribution in [1.29, 1.82) is 0 Å². The van der Waals surface area contributed by atoms with Crippen LogP contribution in [0.1, 0.15) is 0 Å². The van der Waals surface area contributed by atoms with Crippen molar-refractivity contribution < 1.29 is 35.3 Å². The largest absolute Gasteiger partial charge is 0.354 e. The van der Waals surface area contributed by atoms with Crippen LogP contribution in [0.3, 0.4) is 0 Å². The number of halogens is 5. The second kappa shape index (κ2) is 7.55. The molecule has 2 fully saturated rings. The predicted octanol–water partition coefficient (Wildman–Crippen LogP) is 3.60. The van der Waals surface area contributed by atoms with Crippen LogP contribution in [0.2, 0.25) is 5.02 Å². The van der Waals surface area contributed by atoms with Gasteiger partial charge in [0.15, 0.2) is 11.4 Å². The SMILES string of the molecule is CS(=O)(=O)N[C@@H]1CN2C(=O)N(c3noc4cc(Cl)cc(-c5c(F)cccc5F)c34)C[C@@H]2C1(F)F. The summed E-state index contributed by atoms with van der Waals surface area (Å²) in [6, 6.07) is 1.47. The normalized spacial score (nSPS) is 22.1. The molecule has 5 rings (SSSR count). The number of aromatic nitrogens is 1. The smallest absolute Gasteiger partial charge is 0.326 e. The number of rotatable bonds is 4. The third-order valence-corrected chi connectivity index (χ3v) is 6.79. The van der Waals surface area contributed by atoms with Gasteiger partial charge in [0.2, 0.25) is 10.0 Å². The number of carbonyl (C=O) groups is 1. The minimum absolute atomic E-state index is 0.0107. The third kappa shape index (κ3) is 3.49. The number of nitrogens with zero attached hydrogens (tertiary/aromatic N) is 3. The maximum absolute atomic E-state index is 15.0. The maximum atomic E-state index is 15.0. The van der Waals surface area contributed by atoms with Crippen molar-refractivity contribution in [1.82, 2.24) is 14.8 Å². The van der Waals surface area contributed by atoms with Crippen molar-refractivity contribution in [2.24, 2.45) is 0 Å². The van der Waals surface area contributed by atoms with E-state index in [2.05, 4.69) is 5.16 Å². The molecule has 2 saturated heterocycles. The Morgan fingerprint density at radius 1 is 1.21 bits per heavy atom. The summed E-state index contributed by atoms with van der Waals surface area (Å²) in [6.07, 6.45) is 0.747. The fourth-order valence-corrected chi connectivity index (χ4v) is 5.39. The van der Waals surface area contributed by atoms with E-state index in [1.54, 1.807) is 0 Å². The summed E-state index contributed by atoms with van der Waals surface area (Å²) >= 11 is 6.08. The van der Waals surface area contributed by atoms with E-state index < -0.39 is 64.3 Å². The number of sulfonamides is 1. The molecule has 34 heavy (non-hydrogen) atoms. The molecule has 2 atom stereocenters. The van der Waals surface area contributed by atoms with Crippen molar-refractivity contribution in [3.8, 4) is 11.1 Å². The van der Waals surface area contributed by atoms with Crippen LogP contribution in [0.15, 0.2) is 34.9 Å². The second-order valence-corrected chi connectivity index (χ2v) is 10.3. The molecular weight excluding hydrogens is 504 g/mol. The van der Waals surface area contributed by atoms with Crippen LogP contribution < -0.4 is 9.62 Å². The first kappa shape index (κ1) is 22.9. The molecule has 1 N–H and O–H groups in total. The Hall–Kier alpha value is -2.90. The Bertz CT molecular complexity index is 1430. The lowest BCUT2D eigenvalue weighted by Crippen LogP contribution is -2.50. The lowest BCUT2D eigenvalue weighted by Gasteiger charge is -2.23. The lowest BCUT2D eigenvalue weighted by atomic mass is 10.00. The van der Waals surface area contributed by atoms with Gasteiger partial charge in [-0.25, -0.2) is 35.5 Å². The highest BCUT2D eigenvalue weighted by Crippen LogP contribution is 2.44. The van der Waals surface area contributed by atoms with E-state index in [0.29, 0.717) is 0 Å². The highest BCUT2D eigenvalue weighted by atomic mass is 35.5. The van der Waals surface area contributed by atoms with Gasteiger partial charge in [-0.3, -0.25) is 4.90 Å². The van der Waals surface area contributed by atoms with Crippen LogP contribution in [-0.2, 0) is 10.0 Å². The van der Waals surface area contributed by atoms with E-state index in [0.717, 1.165) is 28.2 Å². The Balaban J connectivity index is 1.60. The molecule has 2 aromatic carbocycles. The minimum Gasteiger partial charge on any atom is -0.354 e. The predicted molar refractivity (Wildman–Crippen MR) is 114 cm³/mol. The number of urea groups is 1. The summed E-state index contributed by atoms with van der Waals surface area (Å²) in [6.45, 7) is -1.13. The summed E-state index contributed by atoms with van der Waals surface area (Å²) in [5.74, 6) is -5.63. The number of hydrogen-bond donors (Lipinski definition) is 1. The topological polar surface area (TPSA) is 95.8 Å². The molecule has 8 nitrogen and oxygen atoms in total. The summed E-state index contributed by atoms with van der Waals surface area (Å²) in [5.41, 5.74) is -0.532. The van der Waals surface area contributed by atoms with Gasteiger partial charge in [0, 0.05) is 23.2 Å². The molecule has 2 amide bonds. The number of hydrogen-bond acceptors (Lipinski definition) is 5. The van der Waals surface area contributed by atoms with E-state index in [-0.39, 0.29) is 27.4 Å². The highest BCUT2D eigenvalue weighted by molar-refractivity contribution is 7.88. The molecule has 3 aromatic rings. The van der Waals surface area contributed by atoms with Crippen LogP contribution in [0.25, 0.3) is 22.1 Å². The van der Waals surface area contributed by atoms with Gasteiger partial charge >= 0.3 is 6.03 Å². The number of nitrogens with one attached hydrogen (secondary N) is 1. The molecular formula is C20H15ClF4N4O4S. The Morgan fingerprint density at radius 2 is 1.88 bits per heavy atom. The molecule has 0 aliphatic carbocycles. The molecule has 180 valence electrons. The van der Waals surface area contributed by atoms with E-state index in [9.17, 15) is 30.8 Å².